The summed E-state index contributed by atoms with van der Waals surface area (Å²) in [6.45, 7) is 0. The van der Waals surface area contributed by atoms with Crippen LogP contribution in [-0.4, -0.2) is 27.0 Å². The Morgan fingerprint density at radius 3 is 2.71 bits per heavy atom. The molecule has 2 aromatic heterocycles. The van der Waals surface area contributed by atoms with Gasteiger partial charge in [0.1, 0.15) is 17.5 Å². The van der Waals surface area contributed by atoms with Crippen molar-refractivity contribution in [3.8, 4) is 11.4 Å². The molecule has 0 bridgehead atoms. The van der Waals surface area contributed by atoms with E-state index in [4.69, 9.17) is 4.74 Å². The number of para-hydroxylation sites is 1. The number of aliphatic hydroxyl groups excluding tert-OH is 1. The molecule has 3 aromatic rings. The van der Waals surface area contributed by atoms with Crippen molar-refractivity contribution in [2.75, 3.05) is 7.11 Å². The third-order valence-electron chi connectivity index (χ3n) is 3.22. The maximum Gasteiger partial charge on any atom is 0.143 e. The molecule has 106 valence electrons. The van der Waals surface area contributed by atoms with Crippen LogP contribution in [0.5, 0.6) is 5.75 Å². The Labute approximate surface area is 122 Å². The molecule has 0 amide bonds. The number of pyridine rings is 1. The zero-order valence-corrected chi connectivity index (χ0v) is 11.5. The molecule has 0 fully saturated rings. The summed E-state index contributed by atoms with van der Waals surface area (Å²) in [6, 6.07) is 13.3. The SMILES string of the molecule is COc1cccnc1C(O)c1cnn(-c2ccccc2)c1. The van der Waals surface area contributed by atoms with E-state index in [1.54, 1.807) is 42.5 Å². The maximum absolute atomic E-state index is 10.5. The topological polar surface area (TPSA) is 60.2 Å². The van der Waals surface area contributed by atoms with E-state index in [-0.39, 0.29) is 0 Å². The molecule has 0 aliphatic carbocycles. The summed E-state index contributed by atoms with van der Waals surface area (Å²) in [5.74, 6) is 0.553. The second-order valence-electron chi connectivity index (χ2n) is 4.55. The quantitative estimate of drug-likeness (QED) is 0.797. The molecule has 5 nitrogen and oxygen atoms in total. The summed E-state index contributed by atoms with van der Waals surface area (Å²) in [6.07, 6.45) is 4.17. The molecule has 3 rings (SSSR count). The van der Waals surface area contributed by atoms with Crippen molar-refractivity contribution in [3.05, 3.63) is 72.3 Å². The lowest BCUT2D eigenvalue weighted by atomic mass is 10.1. The van der Waals surface area contributed by atoms with Gasteiger partial charge in [-0.2, -0.15) is 5.10 Å². The van der Waals surface area contributed by atoms with E-state index < -0.39 is 6.10 Å². The number of aliphatic hydroxyl groups is 1. The zero-order valence-electron chi connectivity index (χ0n) is 11.5. The highest BCUT2D eigenvalue weighted by molar-refractivity contribution is 5.36. The fourth-order valence-electron chi connectivity index (χ4n) is 2.14. The Bertz CT molecular complexity index is 725. The number of rotatable bonds is 4. The van der Waals surface area contributed by atoms with Gasteiger partial charge in [-0.05, 0) is 24.3 Å². The lowest BCUT2D eigenvalue weighted by molar-refractivity contribution is 0.209. The largest absolute Gasteiger partial charge is 0.495 e. The number of hydrogen-bond donors (Lipinski definition) is 1. The Morgan fingerprint density at radius 2 is 1.95 bits per heavy atom. The number of methoxy groups -OCH3 is 1. The van der Waals surface area contributed by atoms with Crippen molar-refractivity contribution in [1.82, 2.24) is 14.8 Å². The molecule has 0 aliphatic rings. The van der Waals surface area contributed by atoms with E-state index in [9.17, 15) is 5.11 Å². The van der Waals surface area contributed by atoms with E-state index in [0.717, 1.165) is 5.69 Å². The van der Waals surface area contributed by atoms with Crippen LogP contribution in [0.3, 0.4) is 0 Å². The standard InChI is InChI=1S/C16H15N3O2/c1-21-14-8-5-9-17-15(14)16(20)12-10-18-19(11-12)13-6-3-2-4-7-13/h2-11,16,20H,1H3. The van der Waals surface area contributed by atoms with Crippen LogP contribution in [0.4, 0.5) is 0 Å². The molecular formula is C16H15N3O2. The monoisotopic (exact) mass is 281 g/mol. The summed E-state index contributed by atoms with van der Waals surface area (Å²) >= 11 is 0. The van der Waals surface area contributed by atoms with Crippen LogP contribution >= 0.6 is 0 Å². The smallest absolute Gasteiger partial charge is 0.143 e. The summed E-state index contributed by atoms with van der Waals surface area (Å²) in [4.78, 5) is 4.20. The van der Waals surface area contributed by atoms with Crippen molar-refractivity contribution < 1.29 is 9.84 Å². The van der Waals surface area contributed by atoms with Crippen LogP contribution in [0.25, 0.3) is 5.69 Å². The summed E-state index contributed by atoms with van der Waals surface area (Å²) in [7, 11) is 1.56. The van der Waals surface area contributed by atoms with Gasteiger partial charge in [0.15, 0.2) is 0 Å². The molecule has 1 N–H and O–H groups in total. The van der Waals surface area contributed by atoms with Gasteiger partial charge in [0.2, 0.25) is 0 Å². The molecule has 1 atom stereocenters. The van der Waals surface area contributed by atoms with Gasteiger partial charge >= 0.3 is 0 Å². The Balaban J connectivity index is 1.93. The third-order valence-corrected chi connectivity index (χ3v) is 3.22. The molecule has 2 heterocycles. The van der Waals surface area contributed by atoms with Crippen LogP contribution in [0.15, 0.2) is 61.1 Å². The highest BCUT2D eigenvalue weighted by atomic mass is 16.5. The zero-order chi connectivity index (χ0) is 14.7. The lowest BCUT2D eigenvalue weighted by Crippen LogP contribution is -2.04. The van der Waals surface area contributed by atoms with Gasteiger partial charge in [0.05, 0.1) is 19.0 Å². The molecule has 1 aromatic carbocycles. The van der Waals surface area contributed by atoms with Crippen LogP contribution in [0, 0.1) is 0 Å². The Kier molecular flexibility index (Phi) is 3.66. The molecule has 21 heavy (non-hydrogen) atoms. The fourth-order valence-corrected chi connectivity index (χ4v) is 2.14. The normalized spacial score (nSPS) is 12.1. The summed E-state index contributed by atoms with van der Waals surface area (Å²) in [5, 5.41) is 14.7. The number of aromatic nitrogens is 3. The van der Waals surface area contributed by atoms with Gasteiger partial charge in [-0.15, -0.1) is 0 Å². The van der Waals surface area contributed by atoms with E-state index in [1.165, 1.54) is 0 Å². The van der Waals surface area contributed by atoms with Crippen molar-refractivity contribution in [2.24, 2.45) is 0 Å². The van der Waals surface area contributed by atoms with Crippen molar-refractivity contribution in [3.63, 3.8) is 0 Å². The first-order valence-corrected chi connectivity index (χ1v) is 6.56. The number of ether oxygens (including phenoxy) is 1. The number of benzene rings is 1. The first kappa shape index (κ1) is 13.3. The van der Waals surface area contributed by atoms with E-state index >= 15 is 0 Å². The van der Waals surface area contributed by atoms with Crippen molar-refractivity contribution in [2.45, 2.75) is 6.10 Å². The van der Waals surface area contributed by atoms with E-state index in [1.807, 2.05) is 30.3 Å². The maximum atomic E-state index is 10.5. The summed E-state index contributed by atoms with van der Waals surface area (Å²) < 4.78 is 6.95. The predicted molar refractivity (Wildman–Crippen MR) is 78.4 cm³/mol. The van der Waals surface area contributed by atoms with Gasteiger partial charge in [0.25, 0.3) is 0 Å². The molecular weight excluding hydrogens is 266 g/mol. The van der Waals surface area contributed by atoms with E-state index in [2.05, 4.69) is 10.1 Å². The fraction of sp³-hybridized carbons (Fsp3) is 0.125. The summed E-state index contributed by atoms with van der Waals surface area (Å²) in [5.41, 5.74) is 2.08. The van der Waals surface area contributed by atoms with Gasteiger partial charge in [-0.25, -0.2) is 4.68 Å². The molecule has 0 aliphatic heterocycles. The number of nitrogens with zero attached hydrogens (tertiary/aromatic N) is 3. The highest BCUT2D eigenvalue weighted by Crippen LogP contribution is 2.27. The average molecular weight is 281 g/mol. The second-order valence-corrected chi connectivity index (χ2v) is 4.55. The van der Waals surface area contributed by atoms with Crippen molar-refractivity contribution >= 4 is 0 Å². The van der Waals surface area contributed by atoms with Gasteiger partial charge in [-0.3, -0.25) is 4.98 Å². The Hall–Kier alpha value is -2.66. The highest BCUT2D eigenvalue weighted by Gasteiger charge is 2.18. The molecule has 0 saturated heterocycles. The van der Waals surface area contributed by atoms with Crippen LogP contribution in [-0.2, 0) is 0 Å². The minimum absolute atomic E-state index is 0.479. The van der Waals surface area contributed by atoms with E-state index in [0.29, 0.717) is 17.0 Å². The Morgan fingerprint density at radius 1 is 1.14 bits per heavy atom. The molecule has 1 unspecified atom stereocenters. The lowest BCUT2D eigenvalue weighted by Gasteiger charge is -2.11. The van der Waals surface area contributed by atoms with Crippen LogP contribution < -0.4 is 4.74 Å². The van der Waals surface area contributed by atoms with Crippen molar-refractivity contribution in [1.29, 1.82) is 0 Å². The van der Waals surface area contributed by atoms with Crippen LogP contribution in [0.2, 0.25) is 0 Å². The molecule has 0 radical (unpaired) electrons. The van der Waals surface area contributed by atoms with Gasteiger partial charge in [0, 0.05) is 18.0 Å². The average Bonchev–Trinajstić information content (AvgIpc) is 3.05. The van der Waals surface area contributed by atoms with Gasteiger partial charge < -0.3 is 9.84 Å². The molecule has 5 heteroatoms. The third kappa shape index (κ3) is 2.64. The van der Waals surface area contributed by atoms with Crippen LogP contribution in [0.1, 0.15) is 17.4 Å². The minimum atomic E-state index is -0.876. The number of hydrogen-bond acceptors (Lipinski definition) is 4. The first-order chi connectivity index (χ1) is 10.3. The molecule has 0 saturated carbocycles. The molecule has 0 spiro atoms. The minimum Gasteiger partial charge on any atom is -0.495 e. The second kappa shape index (κ2) is 5.76. The van der Waals surface area contributed by atoms with Gasteiger partial charge in [-0.1, -0.05) is 18.2 Å². The first-order valence-electron chi connectivity index (χ1n) is 6.56. The predicted octanol–water partition coefficient (Wildman–Crippen LogP) is 2.36.